The molecule has 0 radical (unpaired) electrons. The topological polar surface area (TPSA) is 49.5 Å². The Labute approximate surface area is 122 Å². The van der Waals surface area contributed by atoms with Gasteiger partial charge >= 0.3 is 0 Å². The van der Waals surface area contributed by atoms with E-state index in [2.05, 4.69) is 18.7 Å². The number of nitrogens with zero attached hydrogens (tertiary/aromatic N) is 1. The molecule has 112 valence electrons. The SMILES string of the molecule is CC(N)C1CCCCN1C(C)CCc1ccc(O)cc1. The summed E-state index contributed by atoms with van der Waals surface area (Å²) in [5.74, 6) is 0.342. The van der Waals surface area contributed by atoms with Gasteiger partial charge in [-0.3, -0.25) is 4.90 Å². The van der Waals surface area contributed by atoms with Crippen molar-refractivity contribution >= 4 is 0 Å². The highest BCUT2D eigenvalue weighted by atomic mass is 16.3. The Morgan fingerprint density at radius 1 is 1.25 bits per heavy atom. The minimum absolute atomic E-state index is 0.256. The molecule has 0 aliphatic carbocycles. The van der Waals surface area contributed by atoms with Crippen LogP contribution in [0, 0.1) is 0 Å². The molecule has 1 aliphatic rings. The smallest absolute Gasteiger partial charge is 0.115 e. The van der Waals surface area contributed by atoms with E-state index in [9.17, 15) is 5.11 Å². The quantitative estimate of drug-likeness (QED) is 0.869. The Balaban J connectivity index is 1.89. The number of aromatic hydroxyl groups is 1. The standard InChI is InChI=1S/C17H28N2O/c1-13(6-7-15-8-10-16(20)11-9-15)19-12-4-3-5-17(19)14(2)18/h8-11,13-14,17,20H,3-7,12,18H2,1-2H3. The van der Waals surface area contributed by atoms with Gasteiger partial charge in [-0.05, 0) is 63.8 Å². The van der Waals surface area contributed by atoms with Crippen LogP contribution in [0.2, 0.25) is 0 Å². The second-order valence-corrected chi connectivity index (χ2v) is 6.21. The Hall–Kier alpha value is -1.06. The van der Waals surface area contributed by atoms with Gasteiger partial charge in [0.2, 0.25) is 0 Å². The molecule has 0 bridgehead atoms. The van der Waals surface area contributed by atoms with Crippen LogP contribution in [0.1, 0.15) is 45.1 Å². The lowest BCUT2D eigenvalue weighted by molar-refractivity contribution is 0.0850. The molecule has 20 heavy (non-hydrogen) atoms. The summed E-state index contributed by atoms with van der Waals surface area (Å²) in [5, 5.41) is 9.31. The molecular weight excluding hydrogens is 248 g/mol. The zero-order valence-electron chi connectivity index (χ0n) is 12.8. The fraction of sp³-hybridized carbons (Fsp3) is 0.647. The van der Waals surface area contributed by atoms with Gasteiger partial charge in [0, 0.05) is 18.1 Å². The fourth-order valence-electron chi connectivity index (χ4n) is 3.30. The third-order valence-corrected chi connectivity index (χ3v) is 4.55. The van der Waals surface area contributed by atoms with Crippen molar-refractivity contribution in [2.24, 2.45) is 5.73 Å². The number of piperidine rings is 1. The molecule has 3 N–H and O–H groups in total. The van der Waals surface area contributed by atoms with Crippen LogP contribution in [0.5, 0.6) is 5.75 Å². The molecule has 1 aromatic carbocycles. The van der Waals surface area contributed by atoms with Gasteiger partial charge in [-0.25, -0.2) is 0 Å². The average Bonchev–Trinajstić information content (AvgIpc) is 2.46. The lowest BCUT2D eigenvalue weighted by atomic mass is 9.93. The van der Waals surface area contributed by atoms with E-state index in [4.69, 9.17) is 5.73 Å². The zero-order valence-corrected chi connectivity index (χ0v) is 12.8. The summed E-state index contributed by atoms with van der Waals surface area (Å²) in [4.78, 5) is 2.61. The average molecular weight is 276 g/mol. The van der Waals surface area contributed by atoms with E-state index in [1.807, 2.05) is 12.1 Å². The molecular formula is C17H28N2O. The van der Waals surface area contributed by atoms with E-state index < -0.39 is 0 Å². The van der Waals surface area contributed by atoms with Crippen molar-refractivity contribution in [2.75, 3.05) is 6.54 Å². The first-order chi connectivity index (χ1) is 9.58. The highest BCUT2D eigenvalue weighted by molar-refractivity contribution is 5.25. The number of nitrogens with two attached hydrogens (primary N) is 1. The zero-order chi connectivity index (χ0) is 14.5. The Morgan fingerprint density at radius 3 is 2.60 bits per heavy atom. The first-order valence-electron chi connectivity index (χ1n) is 7.87. The number of hydrogen-bond donors (Lipinski definition) is 2. The second kappa shape index (κ2) is 7.09. The predicted molar refractivity (Wildman–Crippen MR) is 83.9 cm³/mol. The molecule has 1 aliphatic heterocycles. The van der Waals surface area contributed by atoms with Gasteiger partial charge in [-0.2, -0.15) is 0 Å². The first-order valence-corrected chi connectivity index (χ1v) is 7.87. The summed E-state index contributed by atoms with van der Waals surface area (Å²) in [6, 6.07) is 8.94. The van der Waals surface area contributed by atoms with Crippen molar-refractivity contribution in [3.05, 3.63) is 29.8 Å². The van der Waals surface area contributed by atoms with Crippen LogP contribution >= 0.6 is 0 Å². The summed E-state index contributed by atoms with van der Waals surface area (Å²) in [6.45, 7) is 5.64. The molecule has 3 unspecified atom stereocenters. The van der Waals surface area contributed by atoms with E-state index in [1.54, 1.807) is 12.1 Å². The molecule has 3 nitrogen and oxygen atoms in total. The van der Waals surface area contributed by atoms with Crippen molar-refractivity contribution in [3.63, 3.8) is 0 Å². The third-order valence-electron chi connectivity index (χ3n) is 4.55. The van der Waals surface area contributed by atoms with Gasteiger partial charge in [-0.15, -0.1) is 0 Å². The molecule has 0 saturated carbocycles. The fourth-order valence-corrected chi connectivity index (χ4v) is 3.30. The monoisotopic (exact) mass is 276 g/mol. The van der Waals surface area contributed by atoms with Crippen LogP contribution in [0.15, 0.2) is 24.3 Å². The number of hydrogen-bond acceptors (Lipinski definition) is 3. The predicted octanol–water partition coefficient (Wildman–Crippen LogP) is 2.92. The molecule has 1 saturated heterocycles. The Kier molecular flexibility index (Phi) is 5.44. The van der Waals surface area contributed by atoms with E-state index >= 15 is 0 Å². The third kappa shape index (κ3) is 3.97. The van der Waals surface area contributed by atoms with Crippen LogP contribution in [-0.2, 0) is 6.42 Å². The number of phenols is 1. The van der Waals surface area contributed by atoms with Crippen LogP contribution in [0.3, 0.4) is 0 Å². The lowest BCUT2D eigenvalue weighted by Crippen LogP contribution is -2.52. The summed E-state index contributed by atoms with van der Waals surface area (Å²) in [7, 11) is 0. The normalized spacial score (nSPS) is 23.4. The van der Waals surface area contributed by atoms with Crippen molar-refractivity contribution in [2.45, 2.75) is 64.1 Å². The Morgan fingerprint density at radius 2 is 1.95 bits per heavy atom. The molecule has 0 aromatic heterocycles. The number of aryl methyl sites for hydroxylation is 1. The van der Waals surface area contributed by atoms with Crippen molar-refractivity contribution < 1.29 is 5.11 Å². The van der Waals surface area contributed by atoms with Crippen LogP contribution in [-0.4, -0.2) is 34.7 Å². The Bertz CT molecular complexity index is 402. The summed E-state index contributed by atoms with van der Waals surface area (Å²) < 4.78 is 0. The maximum Gasteiger partial charge on any atom is 0.115 e. The van der Waals surface area contributed by atoms with Gasteiger partial charge in [0.05, 0.1) is 0 Å². The summed E-state index contributed by atoms with van der Waals surface area (Å²) in [5.41, 5.74) is 7.45. The van der Waals surface area contributed by atoms with Gasteiger partial charge < -0.3 is 10.8 Å². The van der Waals surface area contributed by atoms with Crippen LogP contribution in [0.4, 0.5) is 0 Å². The van der Waals surface area contributed by atoms with Crippen molar-refractivity contribution in [3.8, 4) is 5.75 Å². The van der Waals surface area contributed by atoms with Gasteiger partial charge in [0.15, 0.2) is 0 Å². The number of benzene rings is 1. The van der Waals surface area contributed by atoms with E-state index in [1.165, 1.54) is 31.4 Å². The number of likely N-dealkylation sites (tertiary alicyclic amines) is 1. The van der Waals surface area contributed by atoms with Crippen LogP contribution < -0.4 is 5.73 Å². The van der Waals surface area contributed by atoms with E-state index in [-0.39, 0.29) is 6.04 Å². The maximum absolute atomic E-state index is 9.31. The highest BCUT2D eigenvalue weighted by Gasteiger charge is 2.28. The molecule has 2 rings (SSSR count). The minimum Gasteiger partial charge on any atom is -0.508 e. The molecule has 1 heterocycles. The molecule has 1 fully saturated rings. The van der Waals surface area contributed by atoms with Gasteiger partial charge in [-0.1, -0.05) is 18.6 Å². The number of rotatable bonds is 5. The minimum atomic E-state index is 0.256. The van der Waals surface area contributed by atoms with E-state index in [0.29, 0.717) is 17.8 Å². The lowest BCUT2D eigenvalue weighted by Gasteiger charge is -2.42. The van der Waals surface area contributed by atoms with Gasteiger partial charge in [0.1, 0.15) is 5.75 Å². The highest BCUT2D eigenvalue weighted by Crippen LogP contribution is 2.23. The molecule has 0 spiro atoms. The molecule has 3 heteroatoms. The summed E-state index contributed by atoms with van der Waals surface area (Å²) in [6.07, 6.45) is 6.05. The van der Waals surface area contributed by atoms with Crippen molar-refractivity contribution in [1.29, 1.82) is 0 Å². The first kappa shape index (κ1) is 15.3. The molecule has 3 atom stereocenters. The van der Waals surface area contributed by atoms with Crippen LogP contribution in [0.25, 0.3) is 0 Å². The summed E-state index contributed by atoms with van der Waals surface area (Å²) >= 11 is 0. The van der Waals surface area contributed by atoms with E-state index in [0.717, 1.165) is 12.8 Å². The molecule has 0 amide bonds. The maximum atomic E-state index is 9.31. The number of phenolic OH excluding ortho intramolecular Hbond substituents is 1. The van der Waals surface area contributed by atoms with Gasteiger partial charge in [0.25, 0.3) is 0 Å². The van der Waals surface area contributed by atoms with Crippen molar-refractivity contribution in [1.82, 2.24) is 4.90 Å². The largest absolute Gasteiger partial charge is 0.508 e. The second-order valence-electron chi connectivity index (χ2n) is 6.21. The molecule has 1 aromatic rings.